The van der Waals surface area contributed by atoms with Gasteiger partial charge < -0.3 is 5.11 Å². The van der Waals surface area contributed by atoms with E-state index in [1.165, 1.54) is 0 Å². The van der Waals surface area contributed by atoms with Crippen molar-refractivity contribution in [1.82, 2.24) is 0 Å². The van der Waals surface area contributed by atoms with Crippen molar-refractivity contribution in [3.05, 3.63) is 0 Å². The molecule has 4 fully saturated rings. The van der Waals surface area contributed by atoms with Crippen molar-refractivity contribution in [2.45, 2.75) is 77.2 Å². The molecule has 22 heavy (non-hydrogen) atoms. The van der Waals surface area contributed by atoms with E-state index in [1.807, 2.05) is 0 Å². The lowest BCUT2D eigenvalue weighted by molar-refractivity contribution is -0.197. The normalized spacial score (nSPS) is 54.6. The molecule has 0 aromatic rings. The molecule has 4 aliphatic rings. The monoisotopic (exact) mass is 304 g/mol. The number of carbonyl (C=O) groups is 2. The van der Waals surface area contributed by atoms with Gasteiger partial charge in [0.05, 0.1) is 5.60 Å². The third-order valence-electron chi connectivity index (χ3n) is 8.23. The summed E-state index contributed by atoms with van der Waals surface area (Å²) in [6, 6.07) is 0. The number of hydrogen-bond acceptors (Lipinski definition) is 3. The van der Waals surface area contributed by atoms with Gasteiger partial charge in [-0.3, -0.25) is 9.59 Å². The Morgan fingerprint density at radius 3 is 2.50 bits per heavy atom. The van der Waals surface area contributed by atoms with E-state index in [-0.39, 0.29) is 22.5 Å². The molecule has 3 heteroatoms. The van der Waals surface area contributed by atoms with Crippen LogP contribution in [0, 0.1) is 28.6 Å². The van der Waals surface area contributed by atoms with E-state index in [2.05, 4.69) is 13.8 Å². The minimum absolute atomic E-state index is 0.194. The molecule has 3 nitrogen and oxygen atoms in total. The first-order valence-electron chi connectivity index (χ1n) is 9.04. The molecule has 0 aliphatic heterocycles. The molecular formula is C19H28O3. The molecule has 122 valence electrons. The molecule has 0 spiro atoms. The van der Waals surface area contributed by atoms with Crippen LogP contribution in [0.2, 0.25) is 0 Å². The first-order chi connectivity index (χ1) is 10.3. The van der Waals surface area contributed by atoms with Crippen molar-refractivity contribution in [3.63, 3.8) is 0 Å². The van der Waals surface area contributed by atoms with E-state index in [0.29, 0.717) is 36.9 Å². The van der Waals surface area contributed by atoms with E-state index in [9.17, 15) is 14.7 Å². The van der Waals surface area contributed by atoms with Crippen molar-refractivity contribution in [2.24, 2.45) is 28.6 Å². The first-order valence-corrected chi connectivity index (χ1v) is 9.04. The third-order valence-corrected chi connectivity index (χ3v) is 8.23. The Labute approximate surface area is 132 Å². The van der Waals surface area contributed by atoms with Gasteiger partial charge in [0.2, 0.25) is 0 Å². The minimum atomic E-state index is -0.789. The lowest BCUT2D eigenvalue weighted by atomic mass is 9.44. The number of hydrogen-bond donors (Lipinski definition) is 1. The van der Waals surface area contributed by atoms with Gasteiger partial charge in [-0.15, -0.1) is 0 Å². The second kappa shape index (κ2) is 4.43. The van der Waals surface area contributed by atoms with Crippen LogP contribution in [0.1, 0.15) is 71.6 Å². The summed E-state index contributed by atoms with van der Waals surface area (Å²) >= 11 is 0. The largest absolute Gasteiger partial charge is 0.389 e. The van der Waals surface area contributed by atoms with Crippen molar-refractivity contribution >= 4 is 11.6 Å². The summed E-state index contributed by atoms with van der Waals surface area (Å²) in [5.41, 5.74) is -0.805. The van der Waals surface area contributed by atoms with E-state index >= 15 is 0 Å². The van der Waals surface area contributed by atoms with Gasteiger partial charge >= 0.3 is 0 Å². The number of rotatable bonds is 0. The van der Waals surface area contributed by atoms with Crippen molar-refractivity contribution < 1.29 is 14.7 Å². The Kier molecular flexibility index (Phi) is 3.00. The van der Waals surface area contributed by atoms with Crippen molar-refractivity contribution in [2.75, 3.05) is 0 Å². The molecule has 0 radical (unpaired) electrons. The zero-order valence-corrected chi connectivity index (χ0v) is 13.9. The van der Waals surface area contributed by atoms with E-state index in [0.717, 1.165) is 38.5 Å². The molecule has 0 aromatic heterocycles. The molecule has 0 amide bonds. The maximum atomic E-state index is 12.1. The molecule has 1 N–H and O–H groups in total. The van der Waals surface area contributed by atoms with Gasteiger partial charge in [0.1, 0.15) is 11.6 Å². The van der Waals surface area contributed by atoms with Crippen LogP contribution in [0.5, 0.6) is 0 Å². The fourth-order valence-corrected chi connectivity index (χ4v) is 6.81. The Hall–Kier alpha value is -0.700. The highest BCUT2D eigenvalue weighted by Gasteiger charge is 2.66. The standard InChI is InChI=1S/C19H28O3/c1-17-7-6-15-16(19(17,22)11-14(21)10-17)4-3-12-9-13(20)5-8-18(12,15)2/h12,15-16,22H,3-11H2,1-2H3/t12-,15-,16+,17+,18-,19+/m0/s1. The van der Waals surface area contributed by atoms with Gasteiger partial charge in [-0.05, 0) is 55.3 Å². The Bertz CT molecular complexity index is 541. The Morgan fingerprint density at radius 2 is 1.73 bits per heavy atom. The number of fused-ring (bicyclic) bond motifs is 5. The summed E-state index contributed by atoms with van der Waals surface area (Å²) in [7, 11) is 0. The molecule has 4 aliphatic carbocycles. The summed E-state index contributed by atoms with van der Waals surface area (Å²) in [5.74, 6) is 1.92. The average molecular weight is 304 g/mol. The predicted octanol–water partition coefficient (Wildman–Crippen LogP) is 3.28. The summed E-state index contributed by atoms with van der Waals surface area (Å²) in [5, 5.41) is 11.5. The van der Waals surface area contributed by atoms with Gasteiger partial charge in [-0.25, -0.2) is 0 Å². The third kappa shape index (κ3) is 1.72. The Morgan fingerprint density at radius 1 is 0.955 bits per heavy atom. The van der Waals surface area contributed by atoms with E-state index in [1.54, 1.807) is 0 Å². The van der Waals surface area contributed by atoms with Crippen LogP contribution >= 0.6 is 0 Å². The van der Waals surface area contributed by atoms with Crippen LogP contribution in [0.3, 0.4) is 0 Å². The Balaban J connectivity index is 1.70. The highest BCUT2D eigenvalue weighted by atomic mass is 16.3. The van der Waals surface area contributed by atoms with Crippen LogP contribution in [-0.4, -0.2) is 22.3 Å². The number of ketones is 2. The lowest BCUT2D eigenvalue weighted by Gasteiger charge is -2.62. The molecule has 0 saturated heterocycles. The summed E-state index contributed by atoms with van der Waals surface area (Å²) in [6.45, 7) is 4.50. The quantitative estimate of drug-likeness (QED) is 0.747. The van der Waals surface area contributed by atoms with Crippen LogP contribution in [0.4, 0.5) is 0 Å². The molecule has 6 atom stereocenters. The first kappa shape index (κ1) is 14.9. The van der Waals surface area contributed by atoms with E-state index in [4.69, 9.17) is 0 Å². The van der Waals surface area contributed by atoms with Gasteiger partial charge in [-0.2, -0.15) is 0 Å². The maximum absolute atomic E-state index is 12.1. The highest BCUT2D eigenvalue weighted by Crippen LogP contribution is 2.66. The molecule has 0 bridgehead atoms. The van der Waals surface area contributed by atoms with Gasteiger partial charge in [0.25, 0.3) is 0 Å². The topological polar surface area (TPSA) is 54.4 Å². The highest BCUT2D eigenvalue weighted by molar-refractivity contribution is 5.83. The molecule has 0 unspecified atom stereocenters. The van der Waals surface area contributed by atoms with Crippen LogP contribution in [-0.2, 0) is 9.59 Å². The van der Waals surface area contributed by atoms with E-state index < -0.39 is 5.60 Å². The van der Waals surface area contributed by atoms with Crippen LogP contribution in [0.25, 0.3) is 0 Å². The fourth-order valence-electron chi connectivity index (χ4n) is 6.81. The lowest BCUT2D eigenvalue weighted by Crippen LogP contribution is -2.61. The second-order valence-electron chi connectivity index (χ2n) is 9.15. The van der Waals surface area contributed by atoms with Crippen LogP contribution < -0.4 is 0 Å². The molecule has 4 saturated carbocycles. The van der Waals surface area contributed by atoms with Crippen LogP contribution in [0.15, 0.2) is 0 Å². The SMILES string of the molecule is C[C@]12CCC(=O)C[C@@H]1CC[C@@H]1[C@@H]2CC[C@]2(C)CC(=O)C[C@@]12O. The molecular weight excluding hydrogens is 276 g/mol. The van der Waals surface area contributed by atoms with Crippen molar-refractivity contribution in [3.8, 4) is 0 Å². The smallest absolute Gasteiger partial charge is 0.136 e. The number of carbonyl (C=O) groups excluding carboxylic acids is 2. The minimum Gasteiger partial charge on any atom is -0.389 e. The second-order valence-corrected chi connectivity index (χ2v) is 9.15. The van der Waals surface area contributed by atoms with Crippen molar-refractivity contribution in [1.29, 1.82) is 0 Å². The van der Waals surface area contributed by atoms with Gasteiger partial charge in [0, 0.05) is 31.1 Å². The average Bonchev–Trinajstić information content (AvgIpc) is 2.68. The van der Waals surface area contributed by atoms with Gasteiger partial charge in [-0.1, -0.05) is 13.8 Å². The molecule has 4 rings (SSSR count). The summed E-state index contributed by atoms with van der Waals surface area (Å²) in [6.07, 6.45) is 7.51. The number of Topliss-reactive ketones (excluding diaryl/α,β-unsaturated/α-hetero) is 2. The zero-order chi connectivity index (χ0) is 15.8. The summed E-state index contributed by atoms with van der Waals surface area (Å²) < 4.78 is 0. The molecule has 0 aromatic carbocycles. The predicted molar refractivity (Wildman–Crippen MR) is 83.2 cm³/mol. The molecule has 0 heterocycles. The zero-order valence-electron chi connectivity index (χ0n) is 13.9. The summed E-state index contributed by atoms with van der Waals surface area (Å²) in [4.78, 5) is 24.0. The number of aliphatic hydroxyl groups is 1. The fraction of sp³-hybridized carbons (Fsp3) is 0.895. The van der Waals surface area contributed by atoms with Gasteiger partial charge in [0.15, 0.2) is 0 Å². The maximum Gasteiger partial charge on any atom is 0.136 e.